The Kier molecular flexibility index (Phi) is 5.07. The minimum atomic E-state index is 0.527. The van der Waals surface area contributed by atoms with Crippen molar-refractivity contribution in [3.8, 4) is 11.6 Å². The monoisotopic (exact) mass is 271 g/mol. The van der Waals surface area contributed by atoms with E-state index in [2.05, 4.69) is 29.1 Å². The quantitative estimate of drug-likeness (QED) is 0.875. The molecule has 0 radical (unpaired) electrons. The molecule has 0 amide bonds. The van der Waals surface area contributed by atoms with Gasteiger partial charge in [0.2, 0.25) is 5.88 Å². The number of nitrogens with one attached hydrogen (secondary N) is 1. The molecule has 0 spiro atoms. The molecular weight excluding hydrogens is 250 g/mol. The lowest BCUT2D eigenvalue weighted by atomic mass is 10.2. The van der Waals surface area contributed by atoms with Gasteiger partial charge < -0.3 is 10.1 Å². The molecule has 1 N–H and O–H groups in total. The minimum Gasteiger partial charge on any atom is -0.437 e. The Morgan fingerprint density at radius 3 is 2.85 bits per heavy atom. The van der Waals surface area contributed by atoms with Crippen molar-refractivity contribution in [2.75, 3.05) is 6.54 Å². The van der Waals surface area contributed by atoms with Gasteiger partial charge in [-0.25, -0.2) is 4.98 Å². The fourth-order valence-corrected chi connectivity index (χ4v) is 1.81. The first-order valence-electron chi connectivity index (χ1n) is 6.89. The molecule has 2 aromatic rings. The van der Waals surface area contributed by atoms with Crippen LogP contribution in [0.5, 0.6) is 11.6 Å². The number of aromatic nitrogens is 2. The summed E-state index contributed by atoms with van der Waals surface area (Å²) in [6.07, 6.45) is 3.39. The zero-order valence-corrected chi connectivity index (χ0v) is 12.3. The van der Waals surface area contributed by atoms with Gasteiger partial charge in [-0.15, -0.1) is 0 Å². The molecule has 1 heterocycles. The van der Waals surface area contributed by atoms with E-state index in [0.29, 0.717) is 18.3 Å². The number of rotatable bonds is 6. The van der Waals surface area contributed by atoms with Crippen LogP contribution in [0.25, 0.3) is 0 Å². The van der Waals surface area contributed by atoms with Crippen LogP contribution in [0.3, 0.4) is 0 Å². The predicted molar refractivity (Wildman–Crippen MR) is 79.8 cm³/mol. The second-order valence-electron chi connectivity index (χ2n) is 5.29. The average molecular weight is 271 g/mol. The molecule has 1 aromatic carbocycles. The molecule has 2 rings (SSSR count). The van der Waals surface area contributed by atoms with E-state index >= 15 is 0 Å². The number of hydrogen-bond acceptors (Lipinski definition) is 4. The molecule has 0 fully saturated rings. The lowest BCUT2D eigenvalue weighted by Gasteiger charge is -2.08. The van der Waals surface area contributed by atoms with E-state index in [1.165, 1.54) is 0 Å². The maximum Gasteiger partial charge on any atom is 0.238 e. The zero-order chi connectivity index (χ0) is 14.4. The zero-order valence-electron chi connectivity index (χ0n) is 12.3. The molecule has 1 aromatic heterocycles. The van der Waals surface area contributed by atoms with E-state index in [4.69, 9.17) is 4.74 Å². The van der Waals surface area contributed by atoms with Crippen molar-refractivity contribution >= 4 is 0 Å². The molecule has 4 nitrogen and oxygen atoms in total. The number of hydrogen-bond donors (Lipinski definition) is 1. The summed E-state index contributed by atoms with van der Waals surface area (Å²) in [6.45, 7) is 8.05. The van der Waals surface area contributed by atoms with E-state index in [-0.39, 0.29) is 0 Å². The van der Waals surface area contributed by atoms with Gasteiger partial charge in [-0.1, -0.05) is 26.0 Å². The fourth-order valence-electron chi connectivity index (χ4n) is 1.81. The van der Waals surface area contributed by atoms with E-state index in [1.807, 2.05) is 31.2 Å². The van der Waals surface area contributed by atoms with Crippen molar-refractivity contribution < 1.29 is 4.74 Å². The summed E-state index contributed by atoms with van der Waals surface area (Å²) in [5.41, 5.74) is 2.04. The smallest absolute Gasteiger partial charge is 0.238 e. The predicted octanol–water partition coefficient (Wildman–Crippen LogP) is 3.32. The summed E-state index contributed by atoms with van der Waals surface area (Å²) in [6, 6.07) is 7.89. The van der Waals surface area contributed by atoms with Gasteiger partial charge in [-0.3, -0.25) is 4.98 Å². The third-order valence-electron chi connectivity index (χ3n) is 2.73. The average Bonchev–Trinajstić information content (AvgIpc) is 2.39. The van der Waals surface area contributed by atoms with E-state index in [0.717, 1.165) is 23.6 Å². The Labute approximate surface area is 120 Å². The van der Waals surface area contributed by atoms with Crippen LogP contribution in [0.2, 0.25) is 0 Å². The Balaban J connectivity index is 1.99. The lowest BCUT2D eigenvalue weighted by Crippen LogP contribution is -2.19. The van der Waals surface area contributed by atoms with Crippen LogP contribution in [0.15, 0.2) is 36.7 Å². The van der Waals surface area contributed by atoms with Crippen LogP contribution in [-0.4, -0.2) is 16.5 Å². The molecule has 0 atom stereocenters. The number of ether oxygens (including phenoxy) is 1. The van der Waals surface area contributed by atoms with Crippen molar-refractivity contribution in [3.63, 3.8) is 0 Å². The maximum atomic E-state index is 5.73. The third kappa shape index (κ3) is 4.63. The second-order valence-corrected chi connectivity index (χ2v) is 5.29. The van der Waals surface area contributed by atoms with Gasteiger partial charge in [0, 0.05) is 12.7 Å². The van der Waals surface area contributed by atoms with Crippen LogP contribution in [0, 0.1) is 12.8 Å². The lowest BCUT2D eigenvalue weighted by molar-refractivity contribution is 0.454. The maximum absolute atomic E-state index is 5.73. The molecule has 0 bridgehead atoms. The summed E-state index contributed by atoms with van der Waals surface area (Å²) in [4.78, 5) is 8.62. The first kappa shape index (κ1) is 14.5. The Hall–Kier alpha value is -1.94. The molecule has 106 valence electrons. The van der Waals surface area contributed by atoms with E-state index in [1.54, 1.807) is 12.4 Å². The first-order valence-corrected chi connectivity index (χ1v) is 6.89. The number of benzene rings is 1. The molecule has 0 saturated carbocycles. The van der Waals surface area contributed by atoms with Crippen molar-refractivity contribution in [1.29, 1.82) is 0 Å². The highest BCUT2D eigenvalue weighted by molar-refractivity contribution is 5.30. The third-order valence-corrected chi connectivity index (χ3v) is 2.73. The summed E-state index contributed by atoms with van der Waals surface area (Å²) < 4.78 is 5.73. The number of nitrogens with zero attached hydrogens (tertiary/aromatic N) is 2. The van der Waals surface area contributed by atoms with Crippen LogP contribution in [0.4, 0.5) is 0 Å². The topological polar surface area (TPSA) is 47.0 Å². The van der Waals surface area contributed by atoms with Crippen LogP contribution in [-0.2, 0) is 6.54 Å². The standard InChI is InChI=1S/C16H21N3O/c1-12(2)8-17-9-14-10-18-11-16(19-14)20-15-6-4-5-13(3)7-15/h4-7,10-12,17H,8-9H2,1-3H3. The first-order chi connectivity index (χ1) is 9.63. The minimum absolute atomic E-state index is 0.527. The fraction of sp³-hybridized carbons (Fsp3) is 0.375. The molecule has 0 saturated heterocycles. The summed E-state index contributed by atoms with van der Waals surface area (Å²) >= 11 is 0. The summed E-state index contributed by atoms with van der Waals surface area (Å²) in [5, 5.41) is 3.34. The van der Waals surface area contributed by atoms with Gasteiger partial charge in [0.1, 0.15) is 5.75 Å². The molecule has 4 heteroatoms. The normalized spacial score (nSPS) is 10.8. The van der Waals surface area contributed by atoms with Crippen LogP contribution < -0.4 is 10.1 Å². The van der Waals surface area contributed by atoms with Crippen molar-refractivity contribution in [2.45, 2.75) is 27.3 Å². The van der Waals surface area contributed by atoms with Crippen LogP contribution in [0.1, 0.15) is 25.1 Å². The Bertz CT molecular complexity index is 555. The van der Waals surface area contributed by atoms with Gasteiger partial charge in [0.25, 0.3) is 0 Å². The molecule has 0 aliphatic carbocycles. The van der Waals surface area contributed by atoms with Gasteiger partial charge >= 0.3 is 0 Å². The molecule has 0 unspecified atom stereocenters. The molecular formula is C16H21N3O. The number of aryl methyl sites for hydroxylation is 1. The highest BCUT2D eigenvalue weighted by atomic mass is 16.5. The molecule has 0 aliphatic heterocycles. The van der Waals surface area contributed by atoms with E-state index < -0.39 is 0 Å². The van der Waals surface area contributed by atoms with Crippen molar-refractivity contribution in [2.24, 2.45) is 5.92 Å². The highest BCUT2D eigenvalue weighted by Crippen LogP contribution is 2.19. The Morgan fingerprint density at radius 1 is 1.25 bits per heavy atom. The van der Waals surface area contributed by atoms with Gasteiger partial charge in [-0.2, -0.15) is 0 Å². The largest absolute Gasteiger partial charge is 0.437 e. The molecule has 20 heavy (non-hydrogen) atoms. The Morgan fingerprint density at radius 2 is 2.10 bits per heavy atom. The van der Waals surface area contributed by atoms with E-state index in [9.17, 15) is 0 Å². The summed E-state index contributed by atoms with van der Waals surface area (Å²) in [5.74, 6) is 1.93. The van der Waals surface area contributed by atoms with Gasteiger partial charge in [-0.05, 0) is 37.1 Å². The van der Waals surface area contributed by atoms with Gasteiger partial charge in [0.05, 0.1) is 11.9 Å². The molecule has 0 aliphatic rings. The summed E-state index contributed by atoms with van der Waals surface area (Å²) in [7, 11) is 0. The van der Waals surface area contributed by atoms with Crippen molar-refractivity contribution in [1.82, 2.24) is 15.3 Å². The highest BCUT2D eigenvalue weighted by Gasteiger charge is 2.02. The SMILES string of the molecule is Cc1cccc(Oc2cncc(CNCC(C)C)n2)c1. The second kappa shape index (κ2) is 7.01. The van der Waals surface area contributed by atoms with Crippen molar-refractivity contribution in [3.05, 3.63) is 47.9 Å². The van der Waals surface area contributed by atoms with Crippen LogP contribution >= 0.6 is 0 Å². The van der Waals surface area contributed by atoms with Gasteiger partial charge in [0.15, 0.2) is 0 Å².